The summed E-state index contributed by atoms with van der Waals surface area (Å²) in [5.74, 6) is 0.583. The first-order valence-electron chi connectivity index (χ1n) is 6.23. The number of aromatic nitrogens is 2. The molecule has 2 rings (SSSR count). The van der Waals surface area contributed by atoms with Crippen molar-refractivity contribution in [2.45, 2.75) is 26.8 Å². The van der Waals surface area contributed by atoms with E-state index in [4.69, 9.17) is 5.26 Å². The molecule has 1 aromatic carbocycles. The van der Waals surface area contributed by atoms with Gasteiger partial charge in [0.05, 0.1) is 11.6 Å². The molecular weight excluding hydrogens is 256 g/mol. The lowest BCUT2D eigenvalue weighted by atomic mass is 10.1. The van der Waals surface area contributed by atoms with Crippen LogP contribution in [0.2, 0.25) is 0 Å². The molecule has 0 aliphatic carbocycles. The van der Waals surface area contributed by atoms with Gasteiger partial charge in [0.1, 0.15) is 5.01 Å². The van der Waals surface area contributed by atoms with E-state index in [0.717, 1.165) is 22.1 Å². The fourth-order valence-corrected chi connectivity index (χ4v) is 2.66. The van der Waals surface area contributed by atoms with Crippen LogP contribution >= 0.6 is 11.3 Å². The standard InChI is InChI=1S/C14H16N4S/c1-10(2)7-13-17-18-14(19-13)16-9-12-6-4-3-5-11(12)8-15/h3-6,10H,7,9H2,1-2H3,(H,16,18). The van der Waals surface area contributed by atoms with Crippen molar-refractivity contribution in [2.75, 3.05) is 5.32 Å². The van der Waals surface area contributed by atoms with Crippen molar-refractivity contribution in [3.8, 4) is 6.07 Å². The monoisotopic (exact) mass is 272 g/mol. The van der Waals surface area contributed by atoms with Gasteiger partial charge >= 0.3 is 0 Å². The van der Waals surface area contributed by atoms with E-state index in [1.165, 1.54) is 0 Å². The zero-order valence-corrected chi connectivity index (χ0v) is 11.9. The Hall–Kier alpha value is -1.93. The van der Waals surface area contributed by atoms with Crippen molar-refractivity contribution in [1.29, 1.82) is 5.26 Å². The average molecular weight is 272 g/mol. The van der Waals surface area contributed by atoms with Crippen LogP contribution in [0.4, 0.5) is 5.13 Å². The molecule has 0 bridgehead atoms. The molecule has 0 spiro atoms. The van der Waals surface area contributed by atoms with Gasteiger partial charge in [-0.05, 0) is 17.5 Å². The van der Waals surface area contributed by atoms with Gasteiger partial charge < -0.3 is 5.32 Å². The quantitative estimate of drug-likeness (QED) is 0.907. The molecule has 2 aromatic rings. The first-order chi connectivity index (χ1) is 9.19. The molecular formula is C14H16N4S. The van der Waals surface area contributed by atoms with Crippen LogP contribution in [0.1, 0.15) is 30.0 Å². The van der Waals surface area contributed by atoms with Crippen LogP contribution in [0.5, 0.6) is 0 Å². The Balaban J connectivity index is 1.99. The van der Waals surface area contributed by atoms with E-state index in [9.17, 15) is 0 Å². The molecule has 98 valence electrons. The van der Waals surface area contributed by atoms with E-state index < -0.39 is 0 Å². The Morgan fingerprint density at radius 3 is 2.84 bits per heavy atom. The van der Waals surface area contributed by atoms with Gasteiger partial charge in [0, 0.05) is 13.0 Å². The van der Waals surface area contributed by atoms with E-state index in [1.807, 2.05) is 24.3 Å². The number of benzene rings is 1. The molecule has 0 atom stereocenters. The second kappa shape index (κ2) is 6.30. The van der Waals surface area contributed by atoms with Crippen LogP contribution in [-0.2, 0) is 13.0 Å². The molecule has 0 radical (unpaired) electrons. The van der Waals surface area contributed by atoms with Crippen LogP contribution in [0.15, 0.2) is 24.3 Å². The van der Waals surface area contributed by atoms with Crippen molar-refractivity contribution in [3.63, 3.8) is 0 Å². The lowest BCUT2D eigenvalue weighted by Gasteiger charge is -2.03. The van der Waals surface area contributed by atoms with E-state index in [-0.39, 0.29) is 0 Å². The molecule has 1 N–H and O–H groups in total. The molecule has 5 heteroatoms. The van der Waals surface area contributed by atoms with Gasteiger partial charge in [0.25, 0.3) is 0 Å². The van der Waals surface area contributed by atoms with E-state index >= 15 is 0 Å². The number of anilines is 1. The summed E-state index contributed by atoms with van der Waals surface area (Å²) in [6.07, 6.45) is 0.953. The van der Waals surface area contributed by atoms with Crippen LogP contribution in [-0.4, -0.2) is 10.2 Å². The highest BCUT2D eigenvalue weighted by Crippen LogP contribution is 2.19. The predicted octanol–water partition coefficient (Wildman–Crippen LogP) is 3.22. The molecule has 0 unspecified atom stereocenters. The molecule has 4 nitrogen and oxygen atoms in total. The van der Waals surface area contributed by atoms with E-state index in [0.29, 0.717) is 18.0 Å². The van der Waals surface area contributed by atoms with Crippen LogP contribution in [0.25, 0.3) is 0 Å². The maximum atomic E-state index is 9.02. The van der Waals surface area contributed by atoms with Gasteiger partial charge in [-0.2, -0.15) is 5.26 Å². The number of nitrogens with one attached hydrogen (secondary N) is 1. The van der Waals surface area contributed by atoms with Crippen molar-refractivity contribution in [3.05, 3.63) is 40.4 Å². The normalized spacial score (nSPS) is 10.4. The number of rotatable bonds is 5. The molecule has 0 aliphatic rings. The highest BCUT2D eigenvalue weighted by atomic mass is 32.1. The third-order valence-corrected chi connectivity index (χ3v) is 3.52. The summed E-state index contributed by atoms with van der Waals surface area (Å²) in [7, 11) is 0. The van der Waals surface area contributed by atoms with Gasteiger partial charge in [0.15, 0.2) is 0 Å². The molecule has 1 heterocycles. The fraction of sp³-hybridized carbons (Fsp3) is 0.357. The summed E-state index contributed by atoms with van der Waals surface area (Å²) in [5, 5.41) is 22.4. The van der Waals surface area contributed by atoms with E-state index in [1.54, 1.807) is 11.3 Å². The Kier molecular flexibility index (Phi) is 4.48. The summed E-state index contributed by atoms with van der Waals surface area (Å²) in [6, 6.07) is 9.76. The third kappa shape index (κ3) is 3.76. The second-order valence-corrected chi connectivity index (χ2v) is 5.78. The lowest BCUT2D eigenvalue weighted by Crippen LogP contribution is -2.00. The maximum Gasteiger partial charge on any atom is 0.205 e. The Bertz CT molecular complexity index is 583. The molecule has 0 saturated carbocycles. The lowest BCUT2D eigenvalue weighted by molar-refractivity contribution is 0.640. The first kappa shape index (κ1) is 13.5. The summed E-state index contributed by atoms with van der Waals surface area (Å²) in [4.78, 5) is 0. The van der Waals surface area contributed by atoms with Gasteiger partial charge in [-0.3, -0.25) is 0 Å². The van der Waals surface area contributed by atoms with Crippen LogP contribution in [0, 0.1) is 17.2 Å². The predicted molar refractivity (Wildman–Crippen MR) is 76.9 cm³/mol. The Labute approximate surface area is 117 Å². The van der Waals surface area contributed by atoms with Gasteiger partial charge in [-0.15, -0.1) is 10.2 Å². The highest BCUT2D eigenvalue weighted by Gasteiger charge is 2.07. The largest absolute Gasteiger partial charge is 0.356 e. The topological polar surface area (TPSA) is 61.6 Å². The number of nitriles is 1. The molecule has 0 amide bonds. The number of hydrogen-bond donors (Lipinski definition) is 1. The molecule has 0 saturated heterocycles. The van der Waals surface area contributed by atoms with Crippen LogP contribution < -0.4 is 5.32 Å². The minimum absolute atomic E-state index is 0.583. The number of nitrogens with zero attached hydrogens (tertiary/aromatic N) is 3. The zero-order valence-electron chi connectivity index (χ0n) is 11.1. The number of hydrogen-bond acceptors (Lipinski definition) is 5. The minimum atomic E-state index is 0.583. The summed E-state index contributed by atoms with van der Waals surface area (Å²) >= 11 is 1.58. The SMILES string of the molecule is CC(C)Cc1nnc(NCc2ccccc2C#N)s1. The van der Waals surface area contributed by atoms with Gasteiger partial charge in [0.2, 0.25) is 5.13 Å². The van der Waals surface area contributed by atoms with Crippen molar-refractivity contribution in [2.24, 2.45) is 5.92 Å². The maximum absolute atomic E-state index is 9.02. The van der Waals surface area contributed by atoms with Gasteiger partial charge in [-0.25, -0.2) is 0 Å². The van der Waals surface area contributed by atoms with Gasteiger partial charge in [-0.1, -0.05) is 43.4 Å². The Morgan fingerprint density at radius 1 is 1.32 bits per heavy atom. The molecule has 1 aromatic heterocycles. The minimum Gasteiger partial charge on any atom is -0.356 e. The fourth-order valence-electron chi connectivity index (χ4n) is 1.71. The summed E-state index contributed by atoms with van der Waals surface area (Å²) in [5.41, 5.74) is 1.67. The second-order valence-electron chi connectivity index (χ2n) is 4.72. The summed E-state index contributed by atoms with van der Waals surface area (Å²) in [6.45, 7) is 4.93. The van der Waals surface area contributed by atoms with Crippen molar-refractivity contribution >= 4 is 16.5 Å². The molecule has 19 heavy (non-hydrogen) atoms. The summed E-state index contributed by atoms with van der Waals surface area (Å²) < 4.78 is 0. The molecule has 0 aliphatic heterocycles. The van der Waals surface area contributed by atoms with Crippen LogP contribution in [0.3, 0.4) is 0 Å². The Morgan fingerprint density at radius 2 is 2.11 bits per heavy atom. The van der Waals surface area contributed by atoms with E-state index in [2.05, 4.69) is 35.4 Å². The first-order valence-corrected chi connectivity index (χ1v) is 7.05. The molecule has 0 fully saturated rings. The van der Waals surface area contributed by atoms with Crippen molar-refractivity contribution < 1.29 is 0 Å². The average Bonchev–Trinajstić information content (AvgIpc) is 2.83. The third-order valence-electron chi connectivity index (χ3n) is 2.62. The smallest absolute Gasteiger partial charge is 0.205 e. The van der Waals surface area contributed by atoms with Crippen molar-refractivity contribution in [1.82, 2.24) is 10.2 Å². The zero-order chi connectivity index (χ0) is 13.7. The highest BCUT2D eigenvalue weighted by molar-refractivity contribution is 7.15.